The Morgan fingerprint density at radius 2 is 2.12 bits per heavy atom. The standard InChI is InChI=1S/C24H26N4O3S/c1-14-10-15(2)27-24(30)20(14)12-26-23(29)19-11-18-6-5-8-28(18)22(16(19)3)17(4)31-13-21-25-7-9-32-21/h5-11,17H,12-13H2,1-4H3,(H,26,29)(H,27,30). The number of carbonyl (C=O) groups is 1. The first-order chi connectivity index (χ1) is 15.3. The van der Waals surface area contributed by atoms with E-state index in [1.165, 1.54) is 0 Å². The van der Waals surface area contributed by atoms with E-state index >= 15 is 0 Å². The number of hydrogen-bond donors (Lipinski definition) is 2. The number of aromatic amines is 1. The minimum Gasteiger partial charge on any atom is -0.365 e. The SMILES string of the molecule is Cc1cc(C)c(CNC(=O)c2cc3cccn3c(C(C)OCc3nccs3)c2C)c(=O)[nH]1. The van der Waals surface area contributed by atoms with Gasteiger partial charge in [0.1, 0.15) is 5.01 Å². The molecule has 1 atom stereocenters. The monoisotopic (exact) mass is 450 g/mol. The highest BCUT2D eigenvalue weighted by Gasteiger charge is 2.20. The number of rotatable bonds is 7. The molecule has 7 nitrogen and oxygen atoms in total. The van der Waals surface area contributed by atoms with E-state index in [2.05, 4.69) is 15.3 Å². The summed E-state index contributed by atoms with van der Waals surface area (Å²) in [6.07, 6.45) is 3.48. The molecule has 0 aromatic carbocycles. The Morgan fingerprint density at radius 1 is 1.31 bits per heavy atom. The Hall–Kier alpha value is -3.23. The fraction of sp³-hybridized carbons (Fsp3) is 0.292. The Balaban J connectivity index is 1.61. The van der Waals surface area contributed by atoms with E-state index in [0.29, 0.717) is 17.7 Å². The largest absolute Gasteiger partial charge is 0.365 e. The third-order valence-electron chi connectivity index (χ3n) is 5.61. The summed E-state index contributed by atoms with van der Waals surface area (Å²) < 4.78 is 8.14. The van der Waals surface area contributed by atoms with Crippen LogP contribution in [0.2, 0.25) is 0 Å². The highest BCUT2D eigenvalue weighted by molar-refractivity contribution is 7.09. The summed E-state index contributed by atoms with van der Waals surface area (Å²) in [5.41, 5.74) is 5.27. The molecule has 8 heteroatoms. The number of fused-ring (bicyclic) bond motifs is 1. The van der Waals surface area contributed by atoms with Crippen molar-refractivity contribution in [3.63, 3.8) is 0 Å². The van der Waals surface area contributed by atoms with Crippen LogP contribution < -0.4 is 10.9 Å². The van der Waals surface area contributed by atoms with Gasteiger partial charge in [-0.1, -0.05) is 0 Å². The van der Waals surface area contributed by atoms with Crippen LogP contribution in [0.1, 0.15) is 56.5 Å². The lowest BCUT2D eigenvalue weighted by Gasteiger charge is -2.20. The smallest absolute Gasteiger partial charge is 0.253 e. The van der Waals surface area contributed by atoms with Crippen molar-refractivity contribution >= 4 is 22.8 Å². The molecule has 0 saturated heterocycles. The van der Waals surface area contributed by atoms with Crippen LogP contribution in [-0.2, 0) is 17.9 Å². The van der Waals surface area contributed by atoms with Gasteiger partial charge in [0.05, 0.1) is 18.4 Å². The van der Waals surface area contributed by atoms with Gasteiger partial charge < -0.3 is 19.4 Å². The molecule has 0 aliphatic rings. The lowest BCUT2D eigenvalue weighted by molar-refractivity contribution is 0.0484. The molecule has 4 rings (SSSR count). The van der Waals surface area contributed by atoms with E-state index in [1.54, 1.807) is 17.5 Å². The van der Waals surface area contributed by atoms with E-state index in [0.717, 1.165) is 33.0 Å². The van der Waals surface area contributed by atoms with Crippen LogP contribution in [0.25, 0.3) is 5.52 Å². The maximum atomic E-state index is 13.1. The van der Waals surface area contributed by atoms with Gasteiger partial charge in [-0.3, -0.25) is 9.59 Å². The molecule has 0 radical (unpaired) electrons. The molecule has 0 saturated carbocycles. The number of aryl methyl sites for hydroxylation is 2. The van der Waals surface area contributed by atoms with Crippen molar-refractivity contribution in [3.05, 3.63) is 91.0 Å². The van der Waals surface area contributed by atoms with Crippen LogP contribution in [-0.4, -0.2) is 20.3 Å². The van der Waals surface area contributed by atoms with Gasteiger partial charge in [-0.05, 0) is 63.1 Å². The van der Waals surface area contributed by atoms with Crippen molar-refractivity contribution in [2.45, 2.75) is 47.0 Å². The van der Waals surface area contributed by atoms with Gasteiger partial charge in [0.2, 0.25) is 0 Å². The van der Waals surface area contributed by atoms with Gasteiger partial charge in [-0.15, -0.1) is 11.3 Å². The summed E-state index contributed by atoms with van der Waals surface area (Å²) in [4.78, 5) is 32.5. The Labute approximate surface area is 190 Å². The Kier molecular flexibility index (Phi) is 6.25. The van der Waals surface area contributed by atoms with E-state index in [1.807, 2.05) is 67.9 Å². The van der Waals surface area contributed by atoms with E-state index < -0.39 is 0 Å². The summed E-state index contributed by atoms with van der Waals surface area (Å²) in [6.45, 7) is 8.20. The minimum absolute atomic E-state index is 0.164. The quantitative estimate of drug-likeness (QED) is 0.441. The molecule has 0 fully saturated rings. The predicted octanol–water partition coefficient (Wildman–Crippen LogP) is 4.22. The minimum atomic E-state index is -0.247. The van der Waals surface area contributed by atoms with E-state index in [9.17, 15) is 9.59 Å². The first-order valence-electron chi connectivity index (χ1n) is 10.4. The number of nitrogens with one attached hydrogen (secondary N) is 2. The van der Waals surface area contributed by atoms with Crippen molar-refractivity contribution in [3.8, 4) is 0 Å². The van der Waals surface area contributed by atoms with Crippen molar-refractivity contribution in [1.82, 2.24) is 19.7 Å². The van der Waals surface area contributed by atoms with Gasteiger partial charge in [0.15, 0.2) is 0 Å². The molecule has 1 amide bonds. The number of amides is 1. The van der Waals surface area contributed by atoms with Gasteiger partial charge >= 0.3 is 0 Å². The first kappa shape index (κ1) is 22.0. The summed E-state index contributed by atoms with van der Waals surface area (Å²) in [6, 6.07) is 7.68. The number of ether oxygens (including phenoxy) is 1. The number of thiazole rings is 1. The van der Waals surface area contributed by atoms with Crippen LogP contribution >= 0.6 is 11.3 Å². The number of H-pyrrole nitrogens is 1. The lowest BCUT2D eigenvalue weighted by atomic mass is 10.0. The Morgan fingerprint density at radius 3 is 2.84 bits per heavy atom. The highest BCUT2D eigenvalue weighted by Crippen LogP contribution is 2.27. The van der Waals surface area contributed by atoms with Crippen LogP contribution in [0.4, 0.5) is 0 Å². The average Bonchev–Trinajstić information content (AvgIpc) is 3.42. The molecule has 4 aromatic heterocycles. The van der Waals surface area contributed by atoms with Crippen molar-refractivity contribution in [1.29, 1.82) is 0 Å². The first-order valence-corrected chi connectivity index (χ1v) is 11.3. The van der Waals surface area contributed by atoms with Gasteiger partial charge in [0, 0.05) is 46.7 Å². The number of pyridine rings is 2. The second kappa shape index (κ2) is 9.10. The number of nitrogens with zero attached hydrogens (tertiary/aromatic N) is 2. The lowest BCUT2D eigenvalue weighted by Crippen LogP contribution is -2.29. The van der Waals surface area contributed by atoms with Crippen molar-refractivity contribution in [2.75, 3.05) is 0 Å². The van der Waals surface area contributed by atoms with Crippen molar-refractivity contribution < 1.29 is 9.53 Å². The average molecular weight is 451 g/mol. The van der Waals surface area contributed by atoms with E-state index in [4.69, 9.17) is 4.74 Å². The van der Waals surface area contributed by atoms with E-state index in [-0.39, 0.29) is 24.1 Å². The summed E-state index contributed by atoms with van der Waals surface area (Å²) >= 11 is 1.55. The van der Waals surface area contributed by atoms with Crippen LogP contribution in [0.15, 0.2) is 46.8 Å². The maximum Gasteiger partial charge on any atom is 0.253 e. The van der Waals surface area contributed by atoms with Gasteiger partial charge in [-0.2, -0.15) is 0 Å². The molecule has 4 heterocycles. The molecule has 0 aliphatic heterocycles. The van der Waals surface area contributed by atoms with Gasteiger partial charge in [0.25, 0.3) is 11.5 Å². The zero-order valence-corrected chi connectivity index (χ0v) is 19.4. The molecule has 1 unspecified atom stereocenters. The Bertz CT molecular complexity index is 1320. The fourth-order valence-electron chi connectivity index (χ4n) is 4.01. The van der Waals surface area contributed by atoms with Crippen LogP contribution in [0, 0.1) is 20.8 Å². The normalized spacial score (nSPS) is 12.2. The molecule has 32 heavy (non-hydrogen) atoms. The van der Waals surface area contributed by atoms with Crippen molar-refractivity contribution in [2.24, 2.45) is 0 Å². The summed E-state index contributed by atoms with van der Waals surface area (Å²) in [5, 5.41) is 5.75. The molecule has 166 valence electrons. The molecule has 4 aromatic rings. The van der Waals surface area contributed by atoms with Crippen LogP contribution in [0.5, 0.6) is 0 Å². The zero-order chi connectivity index (χ0) is 22.8. The van der Waals surface area contributed by atoms with Crippen LogP contribution in [0.3, 0.4) is 0 Å². The molecule has 0 aliphatic carbocycles. The third-order valence-corrected chi connectivity index (χ3v) is 6.36. The number of aromatic nitrogens is 3. The second-order valence-electron chi connectivity index (χ2n) is 7.88. The topological polar surface area (TPSA) is 88.5 Å². The molecular weight excluding hydrogens is 424 g/mol. The second-order valence-corrected chi connectivity index (χ2v) is 8.86. The number of carbonyl (C=O) groups excluding carboxylic acids is 1. The predicted molar refractivity (Wildman–Crippen MR) is 125 cm³/mol. The number of hydrogen-bond acceptors (Lipinski definition) is 5. The summed E-state index contributed by atoms with van der Waals surface area (Å²) in [5.74, 6) is -0.223. The fourth-order valence-corrected chi connectivity index (χ4v) is 4.54. The van der Waals surface area contributed by atoms with Gasteiger partial charge in [-0.25, -0.2) is 4.98 Å². The molecule has 0 bridgehead atoms. The maximum absolute atomic E-state index is 13.1. The third kappa shape index (κ3) is 4.37. The molecule has 2 N–H and O–H groups in total. The molecule has 0 spiro atoms. The highest BCUT2D eigenvalue weighted by atomic mass is 32.1. The molecular formula is C24H26N4O3S. The summed E-state index contributed by atoms with van der Waals surface area (Å²) in [7, 11) is 0. The zero-order valence-electron chi connectivity index (χ0n) is 18.6.